The summed E-state index contributed by atoms with van der Waals surface area (Å²) in [6.45, 7) is 5.06. The molecule has 1 aliphatic rings. The maximum Gasteiger partial charge on any atom is 0.245 e. The highest BCUT2D eigenvalue weighted by Gasteiger charge is 2.40. The zero-order chi connectivity index (χ0) is 17.7. The van der Waals surface area contributed by atoms with Crippen LogP contribution in [0.2, 0.25) is 0 Å². The molecule has 0 radical (unpaired) electrons. The molecule has 1 heterocycles. The molecule has 1 amide bonds. The van der Waals surface area contributed by atoms with E-state index in [4.69, 9.17) is 39.5 Å². The fourth-order valence-electron chi connectivity index (χ4n) is 2.73. The van der Waals surface area contributed by atoms with Crippen molar-refractivity contribution in [3.8, 4) is 0 Å². The number of halogens is 3. The van der Waals surface area contributed by atoms with Crippen LogP contribution in [0.15, 0.2) is 36.4 Å². The summed E-state index contributed by atoms with van der Waals surface area (Å²) in [5.41, 5.74) is 0.923. The van der Waals surface area contributed by atoms with Crippen molar-refractivity contribution in [1.29, 1.82) is 0 Å². The van der Waals surface area contributed by atoms with Gasteiger partial charge in [0.2, 0.25) is 9.70 Å². The van der Waals surface area contributed by atoms with Gasteiger partial charge in [0.15, 0.2) is 0 Å². The number of hydrogen-bond donors (Lipinski definition) is 1. The third-order valence-corrected chi connectivity index (χ3v) is 4.25. The summed E-state index contributed by atoms with van der Waals surface area (Å²) in [5, 5.41) is 2.79. The SMILES string of the molecule is C[C@H]1CN([C@H](NC(=O)/C=C/c2ccccc2)C(Cl)(Cl)Cl)C[C@H](C)O1. The Morgan fingerprint density at radius 3 is 2.38 bits per heavy atom. The lowest BCUT2D eigenvalue weighted by molar-refractivity contribution is -0.121. The highest BCUT2D eigenvalue weighted by atomic mass is 35.6. The number of carbonyl (C=O) groups is 1. The predicted octanol–water partition coefficient (Wildman–Crippen LogP) is 3.62. The monoisotopic (exact) mass is 390 g/mol. The number of ether oxygens (including phenoxy) is 1. The standard InChI is InChI=1S/C17H21Cl3N2O2/c1-12-10-22(11-13(2)24-12)16(17(18,19)20)21-15(23)9-8-14-6-4-3-5-7-14/h3-9,12-13,16H,10-11H2,1-2H3,(H,21,23)/b9-8+/t12-,13-,16-/m0/s1. The second kappa shape index (κ2) is 8.54. The average molecular weight is 392 g/mol. The van der Waals surface area contributed by atoms with Crippen molar-refractivity contribution >= 4 is 46.8 Å². The van der Waals surface area contributed by atoms with Gasteiger partial charge in [-0.05, 0) is 25.5 Å². The summed E-state index contributed by atoms with van der Waals surface area (Å²) in [6, 6.07) is 9.52. The third kappa shape index (κ3) is 5.94. The summed E-state index contributed by atoms with van der Waals surface area (Å²) in [6.07, 6.45) is 2.42. The molecule has 0 unspecified atom stereocenters. The van der Waals surface area contributed by atoms with Gasteiger partial charge in [-0.15, -0.1) is 0 Å². The Labute approximate surface area is 157 Å². The Hall–Kier alpha value is -0.780. The van der Waals surface area contributed by atoms with E-state index in [-0.39, 0.29) is 18.1 Å². The molecular formula is C17H21Cl3N2O2. The zero-order valence-corrected chi connectivity index (χ0v) is 15.9. The molecule has 0 aliphatic carbocycles. The number of amides is 1. The molecular weight excluding hydrogens is 371 g/mol. The molecule has 7 heteroatoms. The molecule has 0 aromatic heterocycles. The number of alkyl halides is 3. The van der Waals surface area contributed by atoms with E-state index in [1.54, 1.807) is 6.08 Å². The van der Waals surface area contributed by atoms with Crippen LogP contribution < -0.4 is 5.32 Å². The predicted molar refractivity (Wildman–Crippen MR) is 99.3 cm³/mol. The van der Waals surface area contributed by atoms with Crippen molar-refractivity contribution in [1.82, 2.24) is 10.2 Å². The number of benzene rings is 1. The fourth-order valence-corrected chi connectivity index (χ4v) is 3.31. The minimum atomic E-state index is -1.65. The van der Waals surface area contributed by atoms with Crippen LogP contribution in [0.4, 0.5) is 0 Å². The Bertz CT molecular complexity index is 565. The topological polar surface area (TPSA) is 41.6 Å². The lowest BCUT2D eigenvalue weighted by atomic mass is 10.2. The second-order valence-electron chi connectivity index (χ2n) is 5.91. The van der Waals surface area contributed by atoms with Gasteiger partial charge in [-0.3, -0.25) is 9.69 Å². The lowest BCUT2D eigenvalue weighted by Gasteiger charge is -2.42. The molecule has 1 aromatic carbocycles. The molecule has 1 fully saturated rings. The summed E-state index contributed by atoms with van der Waals surface area (Å²) in [4.78, 5) is 14.2. The Morgan fingerprint density at radius 2 is 1.83 bits per heavy atom. The third-order valence-electron chi connectivity index (χ3n) is 3.63. The van der Waals surface area contributed by atoms with E-state index < -0.39 is 9.96 Å². The molecule has 1 saturated heterocycles. The molecule has 2 rings (SSSR count). The van der Waals surface area contributed by atoms with E-state index in [1.807, 2.05) is 49.1 Å². The van der Waals surface area contributed by atoms with Gasteiger partial charge in [-0.2, -0.15) is 0 Å². The number of carbonyl (C=O) groups excluding carboxylic acids is 1. The first-order valence-corrected chi connectivity index (χ1v) is 8.89. The number of nitrogens with zero attached hydrogens (tertiary/aromatic N) is 1. The average Bonchev–Trinajstić information content (AvgIpc) is 2.49. The first-order valence-electron chi connectivity index (χ1n) is 7.75. The van der Waals surface area contributed by atoms with E-state index in [1.165, 1.54) is 6.08 Å². The summed E-state index contributed by atoms with van der Waals surface area (Å²) < 4.78 is 4.05. The van der Waals surface area contributed by atoms with E-state index in [2.05, 4.69) is 5.32 Å². The molecule has 132 valence electrons. The quantitative estimate of drug-likeness (QED) is 0.629. The maximum atomic E-state index is 12.2. The molecule has 1 N–H and O–H groups in total. The summed E-state index contributed by atoms with van der Waals surface area (Å²) >= 11 is 18.3. The Morgan fingerprint density at radius 1 is 1.25 bits per heavy atom. The van der Waals surface area contributed by atoms with Crippen LogP contribution in [0, 0.1) is 0 Å². The Balaban J connectivity index is 2.06. The van der Waals surface area contributed by atoms with Gasteiger partial charge in [0.25, 0.3) is 0 Å². The fraction of sp³-hybridized carbons (Fsp3) is 0.471. The minimum Gasteiger partial charge on any atom is -0.373 e. The molecule has 24 heavy (non-hydrogen) atoms. The van der Waals surface area contributed by atoms with Gasteiger partial charge in [0, 0.05) is 19.2 Å². The largest absolute Gasteiger partial charge is 0.373 e. The number of morpholine rings is 1. The van der Waals surface area contributed by atoms with Gasteiger partial charge in [0.05, 0.1) is 12.2 Å². The van der Waals surface area contributed by atoms with Crippen LogP contribution in [0.1, 0.15) is 19.4 Å². The van der Waals surface area contributed by atoms with Crippen LogP contribution in [0.25, 0.3) is 6.08 Å². The summed E-state index contributed by atoms with van der Waals surface area (Å²) in [5.74, 6) is -0.318. The number of nitrogens with one attached hydrogen (secondary N) is 1. The molecule has 1 aliphatic heterocycles. The zero-order valence-electron chi connectivity index (χ0n) is 13.6. The molecule has 0 bridgehead atoms. The van der Waals surface area contributed by atoms with Gasteiger partial charge in [-0.1, -0.05) is 65.1 Å². The molecule has 4 nitrogen and oxygen atoms in total. The van der Waals surface area contributed by atoms with E-state index >= 15 is 0 Å². The lowest BCUT2D eigenvalue weighted by Crippen LogP contribution is -2.60. The molecule has 3 atom stereocenters. The second-order valence-corrected chi connectivity index (χ2v) is 8.28. The van der Waals surface area contributed by atoms with E-state index in [0.717, 1.165) is 5.56 Å². The molecule has 0 spiro atoms. The molecule has 1 aromatic rings. The van der Waals surface area contributed by atoms with Crippen LogP contribution in [-0.2, 0) is 9.53 Å². The van der Waals surface area contributed by atoms with Crippen molar-refractivity contribution in [2.45, 2.75) is 36.0 Å². The van der Waals surface area contributed by atoms with Crippen molar-refractivity contribution in [2.75, 3.05) is 13.1 Å². The highest BCUT2D eigenvalue weighted by molar-refractivity contribution is 6.68. The Kier molecular flexibility index (Phi) is 6.96. The van der Waals surface area contributed by atoms with Crippen molar-refractivity contribution in [3.05, 3.63) is 42.0 Å². The van der Waals surface area contributed by atoms with Gasteiger partial charge < -0.3 is 10.1 Å². The smallest absolute Gasteiger partial charge is 0.245 e. The first-order chi connectivity index (χ1) is 11.3. The first kappa shape index (κ1) is 19.5. The van der Waals surface area contributed by atoms with Crippen LogP contribution in [0.3, 0.4) is 0 Å². The highest BCUT2D eigenvalue weighted by Crippen LogP contribution is 2.33. The van der Waals surface area contributed by atoms with Crippen LogP contribution in [0.5, 0.6) is 0 Å². The maximum absolute atomic E-state index is 12.2. The van der Waals surface area contributed by atoms with Crippen LogP contribution >= 0.6 is 34.8 Å². The van der Waals surface area contributed by atoms with E-state index in [0.29, 0.717) is 13.1 Å². The van der Waals surface area contributed by atoms with E-state index in [9.17, 15) is 4.79 Å². The minimum absolute atomic E-state index is 0.000336. The normalized spacial score (nSPS) is 24.0. The van der Waals surface area contributed by atoms with Crippen LogP contribution in [-0.4, -0.2) is 46.1 Å². The number of rotatable bonds is 4. The van der Waals surface area contributed by atoms with Gasteiger partial charge >= 0.3 is 0 Å². The van der Waals surface area contributed by atoms with Gasteiger partial charge in [-0.25, -0.2) is 0 Å². The summed E-state index contributed by atoms with van der Waals surface area (Å²) in [7, 11) is 0. The van der Waals surface area contributed by atoms with Crippen molar-refractivity contribution < 1.29 is 9.53 Å². The molecule has 0 saturated carbocycles. The van der Waals surface area contributed by atoms with Crippen molar-refractivity contribution in [3.63, 3.8) is 0 Å². The van der Waals surface area contributed by atoms with Crippen molar-refractivity contribution in [2.24, 2.45) is 0 Å². The number of hydrogen-bond acceptors (Lipinski definition) is 3. The van der Waals surface area contributed by atoms with Gasteiger partial charge in [0.1, 0.15) is 6.17 Å².